The first-order chi connectivity index (χ1) is 22.9. The van der Waals surface area contributed by atoms with Gasteiger partial charge in [0.2, 0.25) is 11.8 Å². The molecule has 5 rings (SSSR count). The zero-order chi connectivity index (χ0) is 33.0. The Labute approximate surface area is 280 Å². The van der Waals surface area contributed by atoms with Crippen LogP contribution in [0.3, 0.4) is 0 Å². The third-order valence-electron chi connectivity index (χ3n) is 8.26. The van der Waals surface area contributed by atoms with Crippen molar-refractivity contribution in [2.24, 2.45) is 5.92 Å². The first-order valence-electron chi connectivity index (χ1n) is 16.1. The van der Waals surface area contributed by atoms with Gasteiger partial charge in [-0.3, -0.25) is 14.7 Å². The average Bonchev–Trinajstić information content (AvgIpc) is 3.62. The Morgan fingerprint density at radius 3 is 2.45 bits per heavy atom. The van der Waals surface area contributed by atoms with Crippen molar-refractivity contribution in [3.63, 3.8) is 0 Å². The van der Waals surface area contributed by atoms with Gasteiger partial charge in [0, 0.05) is 43.7 Å². The molecule has 0 unspecified atom stereocenters. The number of aromatic nitrogens is 3. The van der Waals surface area contributed by atoms with E-state index in [1.165, 1.54) is 13.3 Å². The number of aromatic amines is 1. The smallest absolute Gasteiger partial charge is 0.220 e. The van der Waals surface area contributed by atoms with Gasteiger partial charge in [-0.25, -0.2) is 4.98 Å². The van der Waals surface area contributed by atoms with Gasteiger partial charge in [-0.15, -0.1) is 0 Å². The molecule has 10 nitrogen and oxygen atoms in total. The van der Waals surface area contributed by atoms with E-state index >= 15 is 0 Å². The number of aliphatic hydroxyl groups excluding tert-OH is 1. The lowest BCUT2D eigenvalue weighted by atomic mass is 9.91. The highest BCUT2D eigenvalue weighted by Crippen LogP contribution is 2.43. The Kier molecular flexibility index (Phi) is 12.6. The van der Waals surface area contributed by atoms with Gasteiger partial charge in [-0.05, 0) is 52.8 Å². The number of ether oxygens (including phenoxy) is 2. The lowest BCUT2D eigenvalue weighted by Gasteiger charge is -2.41. The van der Waals surface area contributed by atoms with Crippen molar-refractivity contribution in [3.8, 4) is 11.1 Å². The first kappa shape index (κ1) is 34.3. The molecule has 0 saturated carbocycles. The van der Waals surface area contributed by atoms with Crippen LogP contribution in [0.1, 0.15) is 74.2 Å². The Bertz CT molecular complexity index is 1580. The predicted molar refractivity (Wildman–Crippen MR) is 181 cm³/mol. The van der Waals surface area contributed by atoms with E-state index in [4.69, 9.17) is 9.47 Å². The molecule has 11 heteroatoms. The molecule has 4 atom stereocenters. The average molecular weight is 658 g/mol. The molecule has 1 saturated heterocycles. The molecule has 1 aliphatic heterocycles. The summed E-state index contributed by atoms with van der Waals surface area (Å²) in [6, 6.07) is 24.3. The van der Waals surface area contributed by atoms with Crippen molar-refractivity contribution in [1.82, 2.24) is 25.8 Å². The minimum atomic E-state index is -0.588. The van der Waals surface area contributed by atoms with Crippen molar-refractivity contribution >= 4 is 23.6 Å². The molecule has 47 heavy (non-hydrogen) atoms. The highest BCUT2D eigenvalue weighted by Gasteiger charge is 2.38. The summed E-state index contributed by atoms with van der Waals surface area (Å²) >= 11 is 1.57. The van der Waals surface area contributed by atoms with Gasteiger partial charge in [0.1, 0.15) is 6.33 Å². The molecule has 0 radical (unpaired) electrons. The van der Waals surface area contributed by atoms with Gasteiger partial charge in [0.15, 0.2) is 11.4 Å². The summed E-state index contributed by atoms with van der Waals surface area (Å²) in [6.07, 6.45) is 3.58. The number of nitrogens with one attached hydrogen (secondary N) is 3. The summed E-state index contributed by atoms with van der Waals surface area (Å²) in [6.45, 7) is 4.74. The van der Waals surface area contributed by atoms with Crippen molar-refractivity contribution in [1.29, 1.82) is 0 Å². The molecule has 4 aromatic rings. The van der Waals surface area contributed by atoms with Gasteiger partial charge in [-0.1, -0.05) is 85.8 Å². The quantitative estimate of drug-likeness (QED) is 0.0922. The molecule has 0 spiro atoms. The summed E-state index contributed by atoms with van der Waals surface area (Å²) in [5, 5.41) is 23.0. The number of hydrogen-bond donors (Lipinski definition) is 4. The van der Waals surface area contributed by atoms with E-state index < -0.39 is 6.29 Å². The van der Waals surface area contributed by atoms with Crippen LogP contribution in [0.5, 0.6) is 0 Å². The normalized spacial score (nSPS) is 19.3. The number of carbonyl (C=O) groups excluding carboxylic acids is 2. The first-order valence-corrected chi connectivity index (χ1v) is 17.1. The number of benzene rings is 3. The Morgan fingerprint density at radius 1 is 0.915 bits per heavy atom. The molecule has 248 valence electrons. The Hall–Kier alpha value is -4.03. The van der Waals surface area contributed by atoms with Crippen LogP contribution in [-0.2, 0) is 32.2 Å². The Balaban J connectivity index is 1.25. The highest BCUT2D eigenvalue weighted by atomic mass is 32.2. The molecule has 0 aliphatic carbocycles. The predicted octanol–water partition coefficient (Wildman–Crippen LogP) is 5.86. The van der Waals surface area contributed by atoms with Crippen LogP contribution in [0, 0.1) is 5.92 Å². The van der Waals surface area contributed by atoms with Crippen LogP contribution in [0.25, 0.3) is 11.1 Å². The molecule has 2 amide bonds. The van der Waals surface area contributed by atoms with Crippen LogP contribution in [0.4, 0.5) is 0 Å². The van der Waals surface area contributed by atoms with E-state index in [1.54, 1.807) is 11.8 Å². The molecule has 4 N–H and O–H groups in total. The van der Waals surface area contributed by atoms with Gasteiger partial charge in [0.05, 0.1) is 18.8 Å². The van der Waals surface area contributed by atoms with Crippen molar-refractivity contribution in [2.75, 3.05) is 12.3 Å². The third-order valence-corrected chi connectivity index (χ3v) is 9.23. The monoisotopic (exact) mass is 657 g/mol. The van der Waals surface area contributed by atoms with E-state index in [1.807, 2.05) is 48.5 Å². The number of nitrogens with zero attached hydrogens (tertiary/aromatic N) is 2. The van der Waals surface area contributed by atoms with Crippen LogP contribution in [0.2, 0.25) is 0 Å². The minimum Gasteiger partial charge on any atom is -0.392 e. The fourth-order valence-corrected chi connectivity index (χ4v) is 6.54. The summed E-state index contributed by atoms with van der Waals surface area (Å²) in [5.74, 6) is 0.723. The van der Waals surface area contributed by atoms with Gasteiger partial charge in [-0.2, -0.15) is 5.10 Å². The van der Waals surface area contributed by atoms with E-state index in [9.17, 15) is 14.7 Å². The summed E-state index contributed by atoms with van der Waals surface area (Å²) < 4.78 is 13.3. The van der Waals surface area contributed by atoms with Crippen molar-refractivity contribution in [2.45, 2.75) is 76.3 Å². The number of unbranched alkanes of at least 4 members (excludes halogenated alkanes) is 2. The summed E-state index contributed by atoms with van der Waals surface area (Å²) in [7, 11) is 0. The maximum Gasteiger partial charge on any atom is 0.220 e. The number of amides is 2. The second-order valence-electron chi connectivity index (χ2n) is 11.8. The topological polar surface area (TPSA) is 138 Å². The second-order valence-corrected chi connectivity index (χ2v) is 12.8. The Morgan fingerprint density at radius 2 is 1.70 bits per heavy atom. The van der Waals surface area contributed by atoms with Crippen molar-refractivity contribution in [3.05, 3.63) is 101 Å². The summed E-state index contributed by atoms with van der Waals surface area (Å²) in [4.78, 5) is 27.6. The third kappa shape index (κ3) is 9.98. The van der Waals surface area contributed by atoms with Crippen LogP contribution < -0.4 is 10.6 Å². The van der Waals surface area contributed by atoms with Crippen LogP contribution in [0.15, 0.2) is 84.3 Å². The lowest BCUT2D eigenvalue weighted by Crippen LogP contribution is -2.38. The standard InChI is InChI=1S/C36H43N5O5S/c1-24-32(22-47-36-39-23-40-41-36)45-35(46-34(24)28-15-13-26(21-42)14-16-28)31-11-7-10-30(19-31)29-9-6-8-27(18-29)20-38-33(44)12-4-3-5-17-37-25(2)43/h6-11,13-16,18-19,23-24,32,34-35,42H,3-5,12,17,20-22H2,1-2H3,(H,37,43)(H,38,44)(H,39,40,41)/t24-,32+,34+,35+/m1/s1. The molecule has 0 bridgehead atoms. The summed E-state index contributed by atoms with van der Waals surface area (Å²) in [5.41, 5.74) is 5.88. The van der Waals surface area contributed by atoms with E-state index in [-0.39, 0.29) is 36.5 Å². The molecule has 3 aromatic carbocycles. The number of rotatable bonds is 15. The van der Waals surface area contributed by atoms with E-state index in [2.05, 4.69) is 57.0 Å². The zero-order valence-corrected chi connectivity index (χ0v) is 27.7. The molecule has 1 fully saturated rings. The van der Waals surface area contributed by atoms with Crippen LogP contribution in [-0.4, -0.2) is 50.5 Å². The van der Waals surface area contributed by atoms with Gasteiger partial charge >= 0.3 is 0 Å². The van der Waals surface area contributed by atoms with Gasteiger partial charge in [0.25, 0.3) is 0 Å². The molecular formula is C36H43N5O5S. The lowest BCUT2D eigenvalue weighted by molar-refractivity contribution is -0.268. The number of hydrogen-bond acceptors (Lipinski definition) is 8. The zero-order valence-electron chi connectivity index (χ0n) is 26.9. The number of aliphatic hydroxyl groups is 1. The largest absolute Gasteiger partial charge is 0.392 e. The van der Waals surface area contributed by atoms with E-state index in [0.29, 0.717) is 25.3 Å². The molecule has 1 aromatic heterocycles. The molecular weight excluding hydrogens is 614 g/mol. The SMILES string of the molecule is CC(=O)NCCCCCC(=O)NCc1cccc(-c2cccc([C@H]3O[C@@H](CSc4ncn[nH]4)[C@@H](C)[C@@H](c4ccc(CO)cc4)O3)c2)c1. The maximum atomic E-state index is 12.4. The highest BCUT2D eigenvalue weighted by molar-refractivity contribution is 7.99. The molecule has 1 aliphatic rings. The molecule has 2 heterocycles. The fourth-order valence-electron chi connectivity index (χ4n) is 5.60. The van der Waals surface area contributed by atoms with Crippen molar-refractivity contribution < 1.29 is 24.2 Å². The second kappa shape index (κ2) is 17.2. The van der Waals surface area contributed by atoms with E-state index in [0.717, 1.165) is 57.8 Å². The van der Waals surface area contributed by atoms with Gasteiger partial charge < -0.3 is 25.2 Å². The maximum absolute atomic E-state index is 12.4. The fraction of sp³-hybridized carbons (Fsp3) is 0.389. The minimum absolute atomic E-state index is 0.00791. The van der Waals surface area contributed by atoms with Crippen LogP contribution >= 0.6 is 11.8 Å². The number of carbonyl (C=O) groups is 2. The number of thioether (sulfide) groups is 1. The number of H-pyrrole nitrogens is 1.